The van der Waals surface area contributed by atoms with Crippen molar-refractivity contribution < 1.29 is 61.5 Å². The van der Waals surface area contributed by atoms with Gasteiger partial charge in [-0.1, -0.05) is 6.58 Å². The van der Waals surface area contributed by atoms with Crippen LogP contribution in [0.5, 0.6) is 0 Å². The van der Waals surface area contributed by atoms with E-state index in [4.69, 9.17) is 0 Å². The third-order valence-corrected chi connectivity index (χ3v) is 3.81. The zero-order chi connectivity index (χ0) is 25.4. The number of halogens is 14. The summed E-state index contributed by atoms with van der Waals surface area (Å²) < 4.78 is 187. The van der Waals surface area contributed by atoms with Crippen LogP contribution in [0.3, 0.4) is 0 Å². The topological polar surface area (TPSA) is 24.1 Å². The predicted octanol–water partition coefficient (Wildman–Crippen LogP) is 5.49. The summed E-state index contributed by atoms with van der Waals surface area (Å²) in [6.07, 6.45) is -5.06. The van der Waals surface area contributed by atoms with E-state index in [1.54, 1.807) is 6.58 Å². The summed E-state index contributed by atoms with van der Waals surface area (Å²) in [4.78, 5) is 0. The number of hydrogen-bond donors (Lipinski definition) is 2. The van der Waals surface area contributed by atoms with Crippen molar-refractivity contribution in [2.75, 3.05) is 6.54 Å². The molecule has 184 valence electrons. The molecule has 0 rings (SSSR count). The van der Waals surface area contributed by atoms with Crippen molar-refractivity contribution in [3.63, 3.8) is 0 Å². The molecule has 0 bridgehead atoms. The molecule has 2 nitrogen and oxygen atoms in total. The Labute approximate surface area is 171 Å². The largest absolute Gasteiger partial charge is 0.384 e. The fourth-order valence-electron chi connectivity index (χ4n) is 1.80. The predicted molar refractivity (Wildman–Crippen MR) is 83.7 cm³/mol. The Kier molecular flexibility index (Phi) is 8.33. The molecule has 1 unspecified atom stereocenters. The zero-order valence-electron chi connectivity index (χ0n) is 15.3. The van der Waals surface area contributed by atoms with Gasteiger partial charge < -0.3 is 10.6 Å². The lowest BCUT2D eigenvalue weighted by Gasteiger charge is -2.41. The van der Waals surface area contributed by atoms with E-state index in [0.29, 0.717) is 0 Å². The quantitative estimate of drug-likeness (QED) is 0.302. The minimum absolute atomic E-state index is 0.611. The van der Waals surface area contributed by atoms with E-state index in [1.807, 2.05) is 0 Å². The fraction of sp³-hybridized carbons (Fsp3) is 0.786. The van der Waals surface area contributed by atoms with Crippen LogP contribution in [0, 0.1) is 0 Å². The first kappa shape index (κ1) is 29.5. The van der Waals surface area contributed by atoms with Crippen molar-refractivity contribution in [2.24, 2.45) is 0 Å². The van der Waals surface area contributed by atoms with Crippen molar-refractivity contribution in [1.29, 1.82) is 0 Å². The average molecular weight is 508 g/mol. The number of alkyl halides is 13. The first-order valence-corrected chi connectivity index (χ1v) is 8.12. The van der Waals surface area contributed by atoms with Crippen molar-refractivity contribution in [3.05, 3.63) is 12.4 Å². The monoisotopic (exact) mass is 508 g/mol. The van der Waals surface area contributed by atoms with Gasteiger partial charge in [0.15, 0.2) is 5.11 Å². The minimum Gasteiger partial charge on any atom is -0.361 e. The van der Waals surface area contributed by atoms with Crippen molar-refractivity contribution in [1.82, 2.24) is 10.6 Å². The molecule has 0 fully saturated rings. The molecule has 0 aromatic rings. The van der Waals surface area contributed by atoms with Gasteiger partial charge in [-0.2, -0.15) is 52.7 Å². The Balaban J connectivity index is 6.17. The van der Waals surface area contributed by atoms with Crippen LogP contribution in [0.15, 0.2) is 12.4 Å². The van der Waals surface area contributed by atoms with Gasteiger partial charge in [0.2, 0.25) is 6.17 Å². The number of hydrogen-bond acceptors (Lipinski definition) is 1. The maximum absolute atomic E-state index is 13.6. The first-order valence-electron chi connectivity index (χ1n) is 7.71. The summed E-state index contributed by atoms with van der Waals surface area (Å²) in [6, 6.07) is -0.611. The number of thiocarbonyl (C=S) groups is 1. The second-order valence-corrected chi connectivity index (χ2v) is 6.82. The molecule has 0 aliphatic carbocycles. The fourth-order valence-corrected chi connectivity index (χ4v) is 2.11. The lowest BCUT2D eigenvalue weighted by Crippen LogP contribution is -2.72. The summed E-state index contributed by atoms with van der Waals surface area (Å²) in [6.45, 7) is 1.82. The van der Waals surface area contributed by atoms with Crippen LogP contribution >= 0.6 is 12.2 Å². The van der Waals surface area contributed by atoms with Gasteiger partial charge in [0.25, 0.3) is 0 Å². The number of nitrogens with one attached hydrogen (secondary N) is 2. The molecule has 0 heterocycles. The van der Waals surface area contributed by atoms with Crippen LogP contribution in [0.1, 0.15) is 13.8 Å². The molecule has 0 saturated heterocycles. The number of allylic oxidation sites excluding steroid dienone is 1. The van der Waals surface area contributed by atoms with Gasteiger partial charge in [0, 0.05) is 6.04 Å². The second kappa shape index (κ2) is 8.77. The standard InChI is InChI=1S/C14H14F14N2S/c1-5(2)30-8(31)29-4-9(17,18)11(21,22)13(25,26)14(27,28)12(23,24)10(19,20)7(16)6(3)15/h5,7H,3-4H2,1-2H3,(H2,29,30,31). The second-order valence-electron chi connectivity index (χ2n) is 6.42. The molecule has 0 spiro atoms. The summed E-state index contributed by atoms with van der Waals surface area (Å²) in [5, 5.41) is 2.48. The van der Waals surface area contributed by atoms with E-state index in [2.05, 4.69) is 17.5 Å². The summed E-state index contributed by atoms with van der Waals surface area (Å²) in [5.41, 5.74) is 0. The molecule has 17 heteroatoms. The van der Waals surface area contributed by atoms with Gasteiger partial charge in [-0.15, -0.1) is 0 Å². The van der Waals surface area contributed by atoms with Crippen LogP contribution in [-0.2, 0) is 0 Å². The molecule has 0 aliphatic heterocycles. The lowest BCUT2D eigenvalue weighted by atomic mass is 9.89. The third-order valence-electron chi connectivity index (χ3n) is 3.55. The average Bonchev–Trinajstić information content (AvgIpc) is 2.57. The highest BCUT2D eigenvalue weighted by Gasteiger charge is 2.90. The maximum atomic E-state index is 13.6. The molecule has 0 aromatic carbocycles. The summed E-state index contributed by atoms with van der Waals surface area (Å²) >= 11 is 4.31. The molecule has 2 N–H and O–H groups in total. The Bertz CT molecular complexity index is 676. The smallest absolute Gasteiger partial charge is 0.361 e. The van der Waals surface area contributed by atoms with Gasteiger partial charge >= 0.3 is 35.5 Å². The molecule has 1 atom stereocenters. The Morgan fingerprint density at radius 1 is 0.806 bits per heavy atom. The van der Waals surface area contributed by atoms with E-state index < -0.39 is 65.2 Å². The van der Waals surface area contributed by atoms with Crippen molar-refractivity contribution in [2.45, 2.75) is 61.6 Å². The summed E-state index contributed by atoms with van der Waals surface area (Å²) in [7, 11) is 0. The highest BCUT2D eigenvalue weighted by Crippen LogP contribution is 2.60. The Morgan fingerprint density at radius 3 is 1.55 bits per heavy atom. The normalized spacial score (nSPS) is 15.6. The van der Waals surface area contributed by atoms with E-state index in [-0.39, 0.29) is 0 Å². The van der Waals surface area contributed by atoms with Gasteiger partial charge in [0.1, 0.15) is 5.83 Å². The van der Waals surface area contributed by atoms with E-state index in [1.165, 1.54) is 19.2 Å². The van der Waals surface area contributed by atoms with Gasteiger partial charge in [-0.25, -0.2) is 8.78 Å². The highest BCUT2D eigenvalue weighted by atomic mass is 32.1. The lowest BCUT2D eigenvalue weighted by molar-refractivity contribution is -0.427. The van der Waals surface area contributed by atoms with Crippen LogP contribution in [-0.4, -0.2) is 59.4 Å². The van der Waals surface area contributed by atoms with Gasteiger partial charge in [-0.05, 0) is 26.1 Å². The molecule has 0 aliphatic rings. The van der Waals surface area contributed by atoms with Crippen LogP contribution in [0.25, 0.3) is 0 Å². The minimum atomic E-state index is -8.01. The molecular weight excluding hydrogens is 494 g/mol. The first-order chi connectivity index (χ1) is 13.4. The van der Waals surface area contributed by atoms with Gasteiger partial charge in [-0.3, -0.25) is 0 Å². The van der Waals surface area contributed by atoms with E-state index in [9.17, 15) is 61.5 Å². The molecule has 0 aromatic heterocycles. The third kappa shape index (κ3) is 4.94. The molecule has 0 saturated carbocycles. The molecule has 0 amide bonds. The molecular formula is C14H14F14N2S. The van der Waals surface area contributed by atoms with Crippen LogP contribution < -0.4 is 10.6 Å². The number of rotatable bonds is 10. The summed E-state index contributed by atoms with van der Waals surface area (Å²) in [5.74, 6) is -47.5. The molecule has 31 heavy (non-hydrogen) atoms. The SMILES string of the molecule is C=C(F)C(F)C(F)(F)C(F)(F)C(F)(F)C(F)(F)C(F)(F)C(F)(F)CNC(=S)NC(C)C. The Morgan fingerprint density at radius 2 is 1.19 bits per heavy atom. The van der Waals surface area contributed by atoms with Crippen molar-refractivity contribution >= 4 is 17.3 Å². The Hall–Kier alpha value is -1.55. The maximum Gasteiger partial charge on any atom is 0.384 e. The molecule has 0 radical (unpaired) electrons. The van der Waals surface area contributed by atoms with E-state index in [0.717, 1.165) is 0 Å². The van der Waals surface area contributed by atoms with Crippen LogP contribution in [0.4, 0.5) is 61.5 Å². The highest BCUT2D eigenvalue weighted by molar-refractivity contribution is 7.80. The van der Waals surface area contributed by atoms with Crippen LogP contribution in [0.2, 0.25) is 0 Å². The van der Waals surface area contributed by atoms with Crippen molar-refractivity contribution in [3.8, 4) is 0 Å². The van der Waals surface area contributed by atoms with E-state index >= 15 is 0 Å². The van der Waals surface area contributed by atoms with Gasteiger partial charge in [0.05, 0.1) is 6.54 Å². The zero-order valence-corrected chi connectivity index (χ0v) is 16.1.